The molecule has 10 heteroatoms. The second-order valence-corrected chi connectivity index (χ2v) is 7.31. The summed E-state index contributed by atoms with van der Waals surface area (Å²) in [5, 5.41) is 4.72. The summed E-state index contributed by atoms with van der Waals surface area (Å²) in [7, 11) is 1.56. The summed E-state index contributed by atoms with van der Waals surface area (Å²) in [5.41, 5.74) is 5.87. The van der Waals surface area contributed by atoms with Gasteiger partial charge in [0.15, 0.2) is 0 Å². The third kappa shape index (κ3) is 4.49. The van der Waals surface area contributed by atoms with E-state index in [1.807, 2.05) is 0 Å². The highest BCUT2D eigenvalue weighted by molar-refractivity contribution is 8.00. The van der Waals surface area contributed by atoms with E-state index in [4.69, 9.17) is 15.0 Å². The molecular weight excluding hydrogens is 396 g/mol. The highest BCUT2D eigenvalue weighted by atomic mass is 32.2. The number of carbonyl (C=O) groups is 2. The number of aromatic nitrogens is 2. The molecule has 1 unspecified atom stereocenters. The highest BCUT2D eigenvalue weighted by Crippen LogP contribution is 2.22. The number of amides is 2. The Morgan fingerprint density at radius 3 is 2.55 bits per heavy atom. The van der Waals surface area contributed by atoms with Crippen LogP contribution in [0.5, 0.6) is 5.75 Å². The van der Waals surface area contributed by atoms with Crippen LogP contribution in [0.3, 0.4) is 0 Å². The Kier molecular flexibility index (Phi) is 6.03. The van der Waals surface area contributed by atoms with Crippen molar-refractivity contribution < 1.29 is 23.5 Å². The summed E-state index contributed by atoms with van der Waals surface area (Å²) in [6, 6.07) is 13.4. The average molecular weight is 415 g/mol. The Balaban J connectivity index is 1.80. The molecule has 1 atom stereocenters. The normalized spacial score (nSPS) is 11.7. The van der Waals surface area contributed by atoms with Crippen molar-refractivity contribution in [3.05, 3.63) is 64.5 Å². The number of carbonyl (C=O) groups excluding carboxylic acids is 2. The molecule has 29 heavy (non-hydrogen) atoms. The van der Waals surface area contributed by atoms with Crippen LogP contribution in [0.15, 0.2) is 62.9 Å². The van der Waals surface area contributed by atoms with Crippen molar-refractivity contribution in [1.82, 2.24) is 5.27 Å². The number of rotatable bonds is 7. The van der Waals surface area contributed by atoms with Gasteiger partial charge >= 0.3 is 10.7 Å². The molecule has 9 nitrogen and oxygen atoms in total. The fourth-order valence-electron chi connectivity index (χ4n) is 2.53. The zero-order chi connectivity index (χ0) is 21.0. The summed E-state index contributed by atoms with van der Waals surface area (Å²) in [6.07, 6.45) is 0. The van der Waals surface area contributed by atoms with Gasteiger partial charge in [-0.2, -0.15) is 0 Å². The first-order valence-corrected chi connectivity index (χ1v) is 9.43. The maximum atomic E-state index is 12.6. The van der Waals surface area contributed by atoms with Crippen molar-refractivity contribution in [1.29, 1.82) is 0 Å². The Labute approximate surface area is 169 Å². The number of anilines is 1. The molecule has 0 bridgehead atoms. The number of hydrogen-bond acceptors (Lipinski definition) is 6. The minimum absolute atomic E-state index is 0.195. The van der Waals surface area contributed by atoms with Gasteiger partial charge in [-0.15, -0.1) is 0 Å². The van der Waals surface area contributed by atoms with Crippen molar-refractivity contribution in [3.63, 3.8) is 0 Å². The first kappa shape index (κ1) is 20.2. The molecule has 150 valence electrons. The minimum atomic E-state index is -0.667. The van der Waals surface area contributed by atoms with Crippen molar-refractivity contribution in [3.8, 4) is 11.4 Å². The molecule has 4 N–H and O–H groups in total. The van der Waals surface area contributed by atoms with Gasteiger partial charge in [-0.1, -0.05) is 12.1 Å². The number of para-hydroxylation sites is 1. The summed E-state index contributed by atoms with van der Waals surface area (Å²) in [5.74, 6) is -0.384. The molecule has 3 aromatic rings. The van der Waals surface area contributed by atoms with Crippen molar-refractivity contribution in [2.45, 2.75) is 17.2 Å². The van der Waals surface area contributed by atoms with Crippen LogP contribution in [0, 0.1) is 0 Å². The number of nitrogens with zero attached hydrogens (tertiary/aromatic N) is 1. The maximum Gasteiger partial charge on any atom is 0.442 e. The molecule has 0 saturated heterocycles. The molecule has 2 aromatic carbocycles. The Bertz CT molecular complexity index is 1090. The van der Waals surface area contributed by atoms with Gasteiger partial charge in [-0.05, 0) is 52.9 Å². The fourth-order valence-corrected chi connectivity index (χ4v) is 3.41. The van der Waals surface area contributed by atoms with Crippen molar-refractivity contribution in [2.75, 3.05) is 12.4 Å². The average Bonchev–Trinajstić information content (AvgIpc) is 3.08. The molecule has 0 radical (unpaired) electrons. The van der Waals surface area contributed by atoms with Crippen LogP contribution in [0.1, 0.15) is 17.3 Å². The van der Waals surface area contributed by atoms with Gasteiger partial charge in [0.1, 0.15) is 5.75 Å². The van der Waals surface area contributed by atoms with Gasteiger partial charge < -0.3 is 15.8 Å². The van der Waals surface area contributed by atoms with Gasteiger partial charge in [0.2, 0.25) is 11.6 Å². The molecule has 3 rings (SSSR count). The second kappa shape index (κ2) is 8.65. The van der Waals surface area contributed by atoms with Crippen molar-refractivity contribution >= 4 is 29.3 Å². The Morgan fingerprint density at radius 1 is 1.21 bits per heavy atom. The van der Waals surface area contributed by atoms with E-state index < -0.39 is 22.7 Å². The van der Waals surface area contributed by atoms with E-state index in [0.29, 0.717) is 17.1 Å². The summed E-state index contributed by atoms with van der Waals surface area (Å²) < 4.78 is 11.5. The molecule has 0 fully saturated rings. The molecule has 2 amide bonds. The molecule has 1 aromatic heterocycles. The third-order valence-electron chi connectivity index (χ3n) is 4.05. The van der Waals surface area contributed by atoms with Crippen LogP contribution < -0.4 is 26.1 Å². The second-order valence-electron chi connectivity index (χ2n) is 5.98. The molecule has 0 aliphatic rings. The third-order valence-corrected chi connectivity index (χ3v) is 5.19. The summed E-state index contributed by atoms with van der Waals surface area (Å²) >= 11 is 1.02. The van der Waals surface area contributed by atoms with E-state index in [1.54, 1.807) is 56.5 Å². The maximum absolute atomic E-state index is 12.6. The number of primary amides is 1. The van der Waals surface area contributed by atoms with Gasteiger partial charge in [0, 0.05) is 12.1 Å². The molecule has 0 aliphatic carbocycles. The van der Waals surface area contributed by atoms with E-state index in [2.05, 4.69) is 10.6 Å². The summed E-state index contributed by atoms with van der Waals surface area (Å²) in [6.45, 7) is 1.64. The molecule has 0 saturated carbocycles. The van der Waals surface area contributed by atoms with Gasteiger partial charge in [0.25, 0.3) is 5.91 Å². The predicted molar refractivity (Wildman–Crippen MR) is 106 cm³/mol. The van der Waals surface area contributed by atoms with Crippen LogP contribution in [-0.4, -0.2) is 29.4 Å². The van der Waals surface area contributed by atoms with Crippen LogP contribution in [0.2, 0.25) is 0 Å². The smallest absolute Gasteiger partial charge is 0.442 e. The van der Waals surface area contributed by atoms with Gasteiger partial charge in [-0.3, -0.25) is 14.1 Å². The number of thioether (sulfide) groups is 1. The van der Waals surface area contributed by atoms with Crippen LogP contribution in [-0.2, 0) is 4.79 Å². The van der Waals surface area contributed by atoms with Crippen LogP contribution in [0.25, 0.3) is 5.69 Å². The number of benzene rings is 2. The number of methoxy groups -OCH3 is 1. The number of nitrogens with two attached hydrogens (primary N) is 1. The lowest BCUT2D eigenvalue weighted by atomic mass is 10.1. The monoisotopic (exact) mass is 415 g/mol. The zero-order valence-electron chi connectivity index (χ0n) is 15.7. The largest absolute Gasteiger partial charge is 0.497 e. The van der Waals surface area contributed by atoms with Crippen LogP contribution in [0.4, 0.5) is 5.69 Å². The molecular formula is C19H19N4O5S+. The molecule has 0 aliphatic heterocycles. The standard InChI is InChI=1S/C19H18N4O5S/c1-11(17(25)21-15-6-4-3-5-14(15)16(20)24)29-18-19(26)28-22-23(18)12-7-9-13(27-2)10-8-12/h3-11H,1-2H3,(H3-,20,21,22,24,25,26)/p+1. The number of hydrogen-bond donors (Lipinski definition) is 3. The van der Waals surface area contributed by atoms with Gasteiger partial charge in [-0.25, -0.2) is 4.79 Å². The number of ether oxygens (including phenoxy) is 1. The SMILES string of the molecule is COc1ccc(-[n+]2[nH]oc(=O)c2SC(C)C(=O)Nc2ccccc2C(N)=O)cc1. The quantitative estimate of drug-likeness (QED) is 0.396. The van der Waals surface area contributed by atoms with E-state index in [9.17, 15) is 14.4 Å². The van der Waals surface area contributed by atoms with Crippen LogP contribution >= 0.6 is 11.8 Å². The van der Waals surface area contributed by atoms with E-state index in [0.717, 1.165) is 11.8 Å². The lowest BCUT2D eigenvalue weighted by Crippen LogP contribution is -2.37. The number of aromatic amines is 1. The van der Waals surface area contributed by atoms with Gasteiger partial charge in [0.05, 0.1) is 23.6 Å². The first-order valence-electron chi connectivity index (χ1n) is 8.55. The predicted octanol–water partition coefficient (Wildman–Crippen LogP) is 1.47. The molecule has 0 spiro atoms. The Morgan fingerprint density at radius 2 is 1.90 bits per heavy atom. The zero-order valence-corrected chi connectivity index (χ0v) is 16.5. The first-order chi connectivity index (χ1) is 13.9. The fraction of sp³-hybridized carbons (Fsp3) is 0.158. The lowest BCUT2D eigenvalue weighted by Gasteiger charge is -2.11. The minimum Gasteiger partial charge on any atom is -0.497 e. The number of nitrogens with one attached hydrogen (secondary N) is 2. The highest BCUT2D eigenvalue weighted by Gasteiger charge is 2.29. The number of H-pyrrole nitrogens is 1. The lowest BCUT2D eigenvalue weighted by molar-refractivity contribution is -0.704. The van der Waals surface area contributed by atoms with Crippen molar-refractivity contribution in [2.24, 2.45) is 5.73 Å². The van der Waals surface area contributed by atoms with E-state index in [1.165, 1.54) is 10.7 Å². The summed E-state index contributed by atoms with van der Waals surface area (Å²) in [4.78, 5) is 36.3. The van der Waals surface area contributed by atoms with E-state index in [-0.39, 0.29) is 10.6 Å². The molecule has 1 heterocycles. The topological polar surface area (TPSA) is 131 Å². The Hall–Kier alpha value is -3.53. The van der Waals surface area contributed by atoms with E-state index >= 15 is 0 Å².